The first kappa shape index (κ1) is 16.2. The summed E-state index contributed by atoms with van der Waals surface area (Å²) < 4.78 is 10.3. The minimum absolute atomic E-state index is 0.0437. The summed E-state index contributed by atoms with van der Waals surface area (Å²) in [6, 6.07) is 2.33. The van der Waals surface area contributed by atoms with Gasteiger partial charge in [0, 0.05) is 17.6 Å². The third-order valence-electron chi connectivity index (χ3n) is 4.32. The van der Waals surface area contributed by atoms with Gasteiger partial charge in [0.15, 0.2) is 11.6 Å². The van der Waals surface area contributed by atoms with Gasteiger partial charge < -0.3 is 19.7 Å². The molecule has 7 nitrogen and oxygen atoms in total. The Morgan fingerprint density at radius 3 is 2.38 bits per heavy atom. The zero-order chi connectivity index (χ0) is 17.6. The Balaban J connectivity index is 2.06. The Kier molecular flexibility index (Phi) is 3.88. The van der Waals surface area contributed by atoms with Gasteiger partial charge in [-0.25, -0.2) is 0 Å². The van der Waals surface area contributed by atoms with Crippen LogP contribution >= 0.6 is 0 Å². The van der Waals surface area contributed by atoms with E-state index < -0.39 is 29.7 Å². The van der Waals surface area contributed by atoms with Gasteiger partial charge in [-0.3, -0.25) is 14.4 Å². The predicted octanol–water partition coefficient (Wildman–Crippen LogP) is 1.51. The first-order valence-electron chi connectivity index (χ1n) is 7.44. The number of aromatic hydroxyl groups is 2. The van der Waals surface area contributed by atoms with Crippen molar-refractivity contribution in [2.24, 2.45) is 0 Å². The fourth-order valence-corrected chi connectivity index (χ4v) is 3.24. The number of carbonyl (C=O) groups excluding carboxylic acids is 3. The number of methoxy groups -OCH3 is 1. The van der Waals surface area contributed by atoms with Crippen LogP contribution in [0.4, 0.5) is 0 Å². The van der Waals surface area contributed by atoms with Crippen molar-refractivity contribution in [3.05, 3.63) is 34.4 Å². The number of Topliss-reactive ketones (excluding diaryl/α,β-unsaturated/α-hetero) is 2. The Hall–Kier alpha value is -2.67. The van der Waals surface area contributed by atoms with Gasteiger partial charge in [-0.05, 0) is 19.1 Å². The summed E-state index contributed by atoms with van der Waals surface area (Å²) in [7, 11) is 1.26. The van der Waals surface area contributed by atoms with Crippen molar-refractivity contribution in [2.45, 2.75) is 32.0 Å². The summed E-state index contributed by atoms with van der Waals surface area (Å²) in [5.41, 5.74) is -0.0409. The van der Waals surface area contributed by atoms with Gasteiger partial charge in [0.2, 0.25) is 0 Å². The second-order valence-corrected chi connectivity index (χ2v) is 5.79. The monoisotopic (exact) mass is 332 g/mol. The SMILES string of the molecule is COC(=O)C[C@@H]1CC2=C(C(=O)c3c(O)ccc(O)c3C2=O)[C@@H](C)O1. The average Bonchev–Trinajstić information content (AvgIpc) is 2.54. The van der Waals surface area contributed by atoms with Crippen molar-refractivity contribution in [2.75, 3.05) is 7.11 Å². The second kappa shape index (κ2) is 5.76. The average molecular weight is 332 g/mol. The van der Waals surface area contributed by atoms with Crippen LogP contribution in [0.5, 0.6) is 11.5 Å². The Morgan fingerprint density at radius 1 is 1.21 bits per heavy atom. The van der Waals surface area contributed by atoms with Crippen LogP contribution in [0, 0.1) is 0 Å². The minimum Gasteiger partial charge on any atom is -0.507 e. The number of benzene rings is 1. The molecule has 1 aliphatic carbocycles. The van der Waals surface area contributed by atoms with Crippen molar-refractivity contribution < 1.29 is 34.1 Å². The molecule has 0 amide bonds. The van der Waals surface area contributed by atoms with Gasteiger partial charge in [0.25, 0.3) is 0 Å². The molecule has 0 unspecified atom stereocenters. The fraction of sp³-hybridized carbons (Fsp3) is 0.353. The highest BCUT2D eigenvalue weighted by atomic mass is 16.5. The van der Waals surface area contributed by atoms with E-state index >= 15 is 0 Å². The van der Waals surface area contributed by atoms with Gasteiger partial charge in [-0.1, -0.05) is 0 Å². The summed E-state index contributed by atoms with van der Waals surface area (Å²) in [6.45, 7) is 1.61. The lowest BCUT2D eigenvalue weighted by atomic mass is 9.77. The molecule has 1 aromatic carbocycles. The van der Waals surface area contributed by atoms with Gasteiger partial charge in [0.1, 0.15) is 11.5 Å². The van der Waals surface area contributed by atoms with E-state index in [1.807, 2.05) is 0 Å². The number of esters is 1. The highest BCUT2D eigenvalue weighted by Crippen LogP contribution is 2.42. The standard InChI is InChI=1S/C17H16O7/c1-7-13-9(5-8(24-7)6-12(20)23-2)16(21)14-10(18)3-4-11(19)15(14)17(13)22/h3-4,7-8,18-19H,5-6H2,1-2H3/t7-,8+/m1/s1. The number of rotatable bonds is 2. The number of carbonyl (C=O) groups is 3. The molecule has 126 valence electrons. The summed E-state index contributed by atoms with van der Waals surface area (Å²) in [5.74, 6) is -2.28. The third kappa shape index (κ3) is 2.37. The van der Waals surface area contributed by atoms with Crippen LogP contribution in [0.3, 0.4) is 0 Å². The van der Waals surface area contributed by atoms with E-state index in [4.69, 9.17) is 4.74 Å². The molecule has 0 spiro atoms. The van der Waals surface area contributed by atoms with E-state index in [0.29, 0.717) is 0 Å². The third-order valence-corrected chi connectivity index (χ3v) is 4.32. The molecule has 0 radical (unpaired) electrons. The summed E-state index contributed by atoms with van der Waals surface area (Å²) in [4.78, 5) is 36.9. The van der Waals surface area contributed by atoms with Gasteiger partial charge in [0.05, 0.1) is 36.9 Å². The van der Waals surface area contributed by atoms with Crippen LogP contribution in [0.1, 0.15) is 40.5 Å². The smallest absolute Gasteiger partial charge is 0.308 e. The zero-order valence-corrected chi connectivity index (χ0v) is 13.2. The maximum Gasteiger partial charge on any atom is 0.308 e. The van der Waals surface area contributed by atoms with Crippen molar-refractivity contribution >= 4 is 17.5 Å². The molecule has 2 aliphatic rings. The van der Waals surface area contributed by atoms with Gasteiger partial charge >= 0.3 is 5.97 Å². The number of hydrogen-bond acceptors (Lipinski definition) is 7. The highest BCUT2D eigenvalue weighted by molar-refractivity contribution is 6.29. The molecule has 0 bridgehead atoms. The van der Waals surface area contributed by atoms with Crippen LogP contribution in [-0.2, 0) is 14.3 Å². The molecule has 24 heavy (non-hydrogen) atoms. The number of hydrogen-bond donors (Lipinski definition) is 2. The lowest BCUT2D eigenvalue weighted by molar-refractivity contribution is -0.144. The fourth-order valence-electron chi connectivity index (χ4n) is 3.24. The second-order valence-electron chi connectivity index (χ2n) is 5.79. The van der Waals surface area contributed by atoms with Crippen LogP contribution in [-0.4, -0.2) is 47.1 Å². The van der Waals surface area contributed by atoms with Gasteiger partial charge in [-0.2, -0.15) is 0 Å². The van der Waals surface area contributed by atoms with E-state index in [2.05, 4.69) is 4.74 Å². The van der Waals surface area contributed by atoms with Gasteiger partial charge in [-0.15, -0.1) is 0 Å². The van der Waals surface area contributed by atoms with E-state index in [-0.39, 0.29) is 46.6 Å². The van der Waals surface area contributed by atoms with Crippen LogP contribution in [0.2, 0.25) is 0 Å². The number of ether oxygens (including phenoxy) is 2. The molecule has 2 N–H and O–H groups in total. The van der Waals surface area contributed by atoms with Crippen molar-refractivity contribution in [1.82, 2.24) is 0 Å². The maximum atomic E-state index is 12.8. The molecule has 0 fully saturated rings. The number of phenols is 2. The predicted molar refractivity (Wildman–Crippen MR) is 81.0 cm³/mol. The largest absolute Gasteiger partial charge is 0.507 e. The van der Waals surface area contributed by atoms with Crippen LogP contribution < -0.4 is 0 Å². The molecule has 1 aromatic rings. The van der Waals surface area contributed by atoms with E-state index in [0.717, 1.165) is 0 Å². The number of ketones is 2. The molecule has 3 rings (SSSR count). The lowest BCUT2D eigenvalue weighted by Gasteiger charge is -2.34. The first-order valence-corrected chi connectivity index (χ1v) is 7.44. The molecule has 0 aromatic heterocycles. The molecule has 7 heteroatoms. The topological polar surface area (TPSA) is 110 Å². The molecule has 1 aliphatic heterocycles. The molecule has 0 saturated carbocycles. The summed E-state index contributed by atoms with van der Waals surface area (Å²) in [5, 5.41) is 19.9. The maximum absolute atomic E-state index is 12.8. The van der Waals surface area contributed by atoms with E-state index in [9.17, 15) is 24.6 Å². The molecule has 2 atom stereocenters. The molecular weight excluding hydrogens is 316 g/mol. The molecule has 0 saturated heterocycles. The van der Waals surface area contributed by atoms with Crippen molar-refractivity contribution in [3.63, 3.8) is 0 Å². The van der Waals surface area contributed by atoms with Crippen molar-refractivity contribution in [3.8, 4) is 11.5 Å². The quantitative estimate of drug-likeness (QED) is 0.624. The first-order chi connectivity index (χ1) is 11.3. The summed E-state index contributed by atoms with van der Waals surface area (Å²) >= 11 is 0. The Labute approximate surface area is 137 Å². The number of fused-ring (bicyclic) bond motifs is 1. The zero-order valence-electron chi connectivity index (χ0n) is 13.2. The molecule has 1 heterocycles. The molecular formula is C17H16O7. The Bertz CT molecular complexity index is 790. The van der Waals surface area contributed by atoms with E-state index in [1.165, 1.54) is 19.2 Å². The Morgan fingerprint density at radius 2 is 1.79 bits per heavy atom. The number of phenolic OH excluding ortho intramolecular Hbond substituents is 2. The minimum atomic E-state index is -0.713. The highest BCUT2D eigenvalue weighted by Gasteiger charge is 2.42. The van der Waals surface area contributed by atoms with Crippen LogP contribution in [0.25, 0.3) is 0 Å². The lowest BCUT2D eigenvalue weighted by Crippen LogP contribution is -2.38. The van der Waals surface area contributed by atoms with Crippen LogP contribution in [0.15, 0.2) is 23.3 Å². The normalized spacial score (nSPS) is 22.9. The van der Waals surface area contributed by atoms with Crippen molar-refractivity contribution in [1.29, 1.82) is 0 Å². The summed E-state index contributed by atoms with van der Waals surface area (Å²) in [6.07, 6.45) is -1.29. The van der Waals surface area contributed by atoms with E-state index in [1.54, 1.807) is 6.92 Å².